The zero-order valence-electron chi connectivity index (χ0n) is 14.8. The lowest BCUT2D eigenvalue weighted by Gasteiger charge is -2.16. The molecule has 0 aromatic heterocycles. The van der Waals surface area contributed by atoms with Gasteiger partial charge in [0.1, 0.15) is 0 Å². The van der Waals surface area contributed by atoms with Crippen LogP contribution in [0.2, 0.25) is 0 Å². The van der Waals surface area contributed by atoms with Crippen molar-refractivity contribution in [3.8, 4) is 0 Å². The second kappa shape index (κ2) is 6.04. The van der Waals surface area contributed by atoms with Crippen molar-refractivity contribution in [2.45, 2.75) is 0 Å². The van der Waals surface area contributed by atoms with Crippen molar-refractivity contribution in [1.82, 2.24) is 0 Å². The van der Waals surface area contributed by atoms with Crippen molar-refractivity contribution in [2.75, 3.05) is 0 Å². The molecule has 0 saturated heterocycles. The van der Waals surface area contributed by atoms with E-state index < -0.39 is 0 Å². The van der Waals surface area contributed by atoms with Gasteiger partial charge in [0.05, 0.1) is 0 Å². The lowest BCUT2D eigenvalue weighted by molar-refractivity contribution is 1.73. The Labute approximate surface area is 179 Å². The van der Waals surface area contributed by atoms with E-state index in [-0.39, 0.29) is 0 Å². The molecule has 0 radical (unpaired) electrons. The van der Waals surface area contributed by atoms with Crippen LogP contribution in [0.4, 0.5) is 0 Å². The molecule has 6 aromatic rings. The molecular weight excluding hydrogens is 472 g/mol. The van der Waals surface area contributed by atoms with E-state index in [0.29, 0.717) is 0 Å². The molecule has 0 nitrogen and oxygen atoms in total. The maximum atomic E-state index is 3.70. The SMILES string of the molecule is Brc1ccc2c3ccccc3c3c4cc(Br)ccc4c4ccccc4c3c2c1. The molecule has 0 aliphatic rings. The maximum absolute atomic E-state index is 3.70. The third-order valence-corrected chi connectivity index (χ3v) is 6.71. The van der Waals surface area contributed by atoms with Crippen LogP contribution in [0.25, 0.3) is 53.9 Å². The third kappa shape index (κ3) is 2.22. The van der Waals surface area contributed by atoms with Crippen molar-refractivity contribution in [1.29, 1.82) is 0 Å². The Morgan fingerprint density at radius 2 is 0.714 bits per heavy atom. The van der Waals surface area contributed by atoms with Gasteiger partial charge in [0.15, 0.2) is 0 Å². The average Bonchev–Trinajstić information content (AvgIpc) is 2.73. The monoisotopic (exact) mass is 484 g/mol. The molecule has 0 bridgehead atoms. The van der Waals surface area contributed by atoms with Crippen molar-refractivity contribution >= 4 is 85.7 Å². The molecule has 132 valence electrons. The molecule has 6 rings (SSSR count). The van der Waals surface area contributed by atoms with Gasteiger partial charge in [-0.2, -0.15) is 0 Å². The summed E-state index contributed by atoms with van der Waals surface area (Å²) in [5.74, 6) is 0. The fraction of sp³-hybridized carbons (Fsp3) is 0. The Morgan fingerprint density at radius 1 is 0.357 bits per heavy atom. The zero-order chi connectivity index (χ0) is 18.8. The minimum atomic E-state index is 1.11. The largest absolute Gasteiger partial charge is 0.0616 e. The van der Waals surface area contributed by atoms with Gasteiger partial charge in [0.2, 0.25) is 0 Å². The van der Waals surface area contributed by atoms with E-state index in [1.54, 1.807) is 0 Å². The van der Waals surface area contributed by atoms with Crippen molar-refractivity contribution in [3.63, 3.8) is 0 Å². The van der Waals surface area contributed by atoms with E-state index in [2.05, 4.69) is 117 Å². The summed E-state index contributed by atoms with van der Waals surface area (Å²) in [5.41, 5.74) is 0. The Hall–Kier alpha value is -2.42. The molecule has 0 amide bonds. The maximum Gasteiger partial charge on any atom is 0.0181 e. The van der Waals surface area contributed by atoms with Gasteiger partial charge in [-0.15, -0.1) is 0 Å². The Morgan fingerprint density at radius 3 is 1.14 bits per heavy atom. The summed E-state index contributed by atoms with van der Waals surface area (Å²) in [6.07, 6.45) is 0. The molecule has 2 heteroatoms. The number of rotatable bonds is 0. The summed E-state index contributed by atoms with van der Waals surface area (Å²) in [4.78, 5) is 0. The van der Waals surface area contributed by atoms with Crippen LogP contribution < -0.4 is 0 Å². The van der Waals surface area contributed by atoms with Crippen molar-refractivity contribution in [2.24, 2.45) is 0 Å². The molecule has 0 fully saturated rings. The van der Waals surface area contributed by atoms with Crippen LogP contribution in [0.5, 0.6) is 0 Å². The van der Waals surface area contributed by atoms with Crippen LogP contribution >= 0.6 is 31.9 Å². The molecule has 0 spiro atoms. The molecule has 0 unspecified atom stereocenters. The van der Waals surface area contributed by atoms with Gasteiger partial charge >= 0.3 is 0 Å². The highest BCUT2D eigenvalue weighted by Crippen LogP contribution is 2.44. The zero-order valence-corrected chi connectivity index (χ0v) is 18.0. The number of halogens is 2. The number of hydrogen-bond donors (Lipinski definition) is 0. The molecule has 6 aromatic carbocycles. The summed E-state index contributed by atoms with van der Waals surface area (Å²) in [5, 5.41) is 13.1. The standard InChI is InChI=1S/C26H14Br2/c27-15-9-11-19-17-5-1-3-7-21(17)25-24-14-16(28)10-12-20(24)18-6-2-4-8-22(18)26(25)23(19)13-15/h1-14H. The lowest BCUT2D eigenvalue weighted by Crippen LogP contribution is -1.88. The lowest BCUT2D eigenvalue weighted by atomic mass is 9.87. The summed E-state index contributed by atoms with van der Waals surface area (Å²) in [6, 6.07) is 30.8. The van der Waals surface area contributed by atoms with Gasteiger partial charge in [0.25, 0.3) is 0 Å². The van der Waals surface area contributed by atoms with Crippen LogP contribution in [-0.4, -0.2) is 0 Å². The van der Waals surface area contributed by atoms with E-state index in [1.165, 1.54) is 53.9 Å². The topological polar surface area (TPSA) is 0 Å². The first-order chi connectivity index (χ1) is 13.7. The highest BCUT2D eigenvalue weighted by Gasteiger charge is 2.15. The molecule has 28 heavy (non-hydrogen) atoms. The van der Waals surface area contributed by atoms with E-state index in [1.807, 2.05) is 0 Å². The minimum absolute atomic E-state index is 1.11. The minimum Gasteiger partial charge on any atom is -0.0616 e. The summed E-state index contributed by atoms with van der Waals surface area (Å²) >= 11 is 7.40. The molecule has 0 aliphatic heterocycles. The summed E-state index contributed by atoms with van der Waals surface area (Å²) in [7, 11) is 0. The fourth-order valence-electron chi connectivity index (χ4n) is 4.62. The van der Waals surface area contributed by atoms with E-state index in [9.17, 15) is 0 Å². The average molecular weight is 486 g/mol. The van der Waals surface area contributed by atoms with Gasteiger partial charge in [-0.25, -0.2) is 0 Å². The quantitative estimate of drug-likeness (QED) is 0.188. The highest BCUT2D eigenvalue weighted by molar-refractivity contribution is 9.10. The van der Waals surface area contributed by atoms with E-state index in [0.717, 1.165) is 8.95 Å². The van der Waals surface area contributed by atoms with Gasteiger partial charge in [-0.1, -0.05) is 92.5 Å². The molecule has 0 N–H and O–H groups in total. The fourth-order valence-corrected chi connectivity index (χ4v) is 5.34. The molecule has 0 atom stereocenters. The second-order valence-corrected chi connectivity index (χ2v) is 9.05. The Balaban J connectivity index is 2.12. The molecular formula is C26H14Br2. The van der Waals surface area contributed by atoms with Gasteiger partial charge in [-0.3, -0.25) is 0 Å². The van der Waals surface area contributed by atoms with Crippen LogP contribution in [0.15, 0.2) is 93.9 Å². The van der Waals surface area contributed by atoms with Crippen LogP contribution in [0.1, 0.15) is 0 Å². The Kier molecular flexibility index (Phi) is 3.56. The molecule has 0 heterocycles. The summed E-state index contributed by atoms with van der Waals surface area (Å²) in [6.45, 7) is 0. The number of fused-ring (bicyclic) bond motifs is 11. The number of hydrogen-bond acceptors (Lipinski definition) is 0. The highest BCUT2D eigenvalue weighted by atomic mass is 79.9. The first kappa shape index (κ1) is 16.5. The van der Waals surface area contributed by atoms with Crippen molar-refractivity contribution < 1.29 is 0 Å². The van der Waals surface area contributed by atoms with Crippen molar-refractivity contribution in [3.05, 3.63) is 93.9 Å². The van der Waals surface area contributed by atoms with E-state index in [4.69, 9.17) is 0 Å². The second-order valence-electron chi connectivity index (χ2n) is 7.22. The smallest absolute Gasteiger partial charge is 0.0181 e. The summed E-state index contributed by atoms with van der Waals surface area (Å²) < 4.78 is 2.21. The van der Waals surface area contributed by atoms with Gasteiger partial charge < -0.3 is 0 Å². The predicted molar refractivity (Wildman–Crippen MR) is 129 cm³/mol. The first-order valence-corrected chi connectivity index (χ1v) is 10.8. The Bertz CT molecular complexity index is 1460. The van der Waals surface area contributed by atoms with Gasteiger partial charge in [0, 0.05) is 8.95 Å². The van der Waals surface area contributed by atoms with Crippen LogP contribution in [-0.2, 0) is 0 Å². The molecule has 0 aliphatic carbocycles. The third-order valence-electron chi connectivity index (χ3n) is 5.73. The van der Waals surface area contributed by atoms with Crippen LogP contribution in [0.3, 0.4) is 0 Å². The predicted octanol–water partition coefficient (Wildman–Crippen LogP) is 8.98. The molecule has 0 saturated carbocycles. The normalized spacial score (nSPS) is 11.9. The van der Waals surface area contributed by atoms with Crippen LogP contribution in [0, 0.1) is 0 Å². The number of benzene rings is 6. The van der Waals surface area contributed by atoms with Gasteiger partial charge in [-0.05, 0) is 78.1 Å². The first-order valence-electron chi connectivity index (χ1n) is 9.26. The van der Waals surface area contributed by atoms with E-state index >= 15 is 0 Å².